The van der Waals surface area contributed by atoms with Gasteiger partial charge in [0.15, 0.2) is 0 Å². The predicted molar refractivity (Wildman–Crippen MR) is 79.1 cm³/mol. The lowest BCUT2D eigenvalue weighted by Crippen LogP contribution is -2.26. The zero-order chi connectivity index (χ0) is 13.5. The fourth-order valence-electron chi connectivity index (χ4n) is 2.19. The van der Waals surface area contributed by atoms with E-state index in [0.717, 1.165) is 25.9 Å². The molecule has 0 saturated heterocycles. The topological polar surface area (TPSA) is 29.9 Å². The van der Waals surface area contributed by atoms with Gasteiger partial charge in [0.1, 0.15) is 0 Å². The van der Waals surface area contributed by atoms with Crippen LogP contribution in [0.3, 0.4) is 0 Å². The molecule has 0 aliphatic rings. The molecule has 2 aromatic rings. The van der Waals surface area contributed by atoms with Crippen LogP contribution in [0.2, 0.25) is 0 Å². The van der Waals surface area contributed by atoms with Crippen LogP contribution in [0.1, 0.15) is 37.4 Å². The van der Waals surface area contributed by atoms with Crippen molar-refractivity contribution < 1.29 is 0 Å². The number of aryl methyl sites for hydroxylation is 1. The van der Waals surface area contributed by atoms with E-state index in [1.807, 2.05) is 23.1 Å². The zero-order valence-electron chi connectivity index (χ0n) is 11.8. The third-order valence-electron chi connectivity index (χ3n) is 3.36. The Morgan fingerprint density at radius 1 is 1.21 bits per heavy atom. The van der Waals surface area contributed by atoms with Crippen LogP contribution in [-0.4, -0.2) is 16.3 Å². The van der Waals surface area contributed by atoms with E-state index >= 15 is 0 Å². The molecule has 0 spiro atoms. The van der Waals surface area contributed by atoms with E-state index in [1.54, 1.807) is 0 Å². The summed E-state index contributed by atoms with van der Waals surface area (Å²) >= 11 is 0. The Kier molecular flexibility index (Phi) is 5.16. The molecule has 1 N–H and O–H groups in total. The van der Waals surface area contributed by atoms with Crippen molar-refractivity contribution in [2.75, 3.05) is 6.54 Å². The van der Waals surface area contributed by atoms with E-state index < -0.39 is 0 Å². The maximum atomic E-state index is 4.30. The number of hydrogen-bond donors (Lipinski definition) is 1. The van der Waals surface area contributed by atoms with Crippen molar-refractivity contribution in [3.8, 4) is 0 Å². The number of hydrogen-bond acceptors (Lipinski definition) is 2. The van der Waals surface area contributed by atoms with Crippen molar-refractivity contribution in [3.63, 3.8) is 0 Å². The van der Waals surface area contributed by atoms with Crippen molar-refractivity contribution in [1.82, 2.24) is 15.1 Å². The predicted octanol–water partition coefficient (Wildman–Crippen LogP) is 3.19. The first-order valence-electron chi connectivity index (χ1n) is 7.13. The van der Waals surface area contributed by atoms with Gasteiger partial charge in [-0.05, 0) is 36.6 Å². The molecule has 0 saturated carbocycles. The summed E-state index contributed by atoms with van der Waals surface area (Å²) in [7, 11) is 0. The molecule has 102 valence electrons. The minimum absolute atomic E-state index is 0.325. The molecule has 0 fully saturated rings. The van der Waals surface area contributed by atoms with Gasteiger partial charge in [-0.3, -0.25) is 4.68 Å². The average Bonchev–Trinajstić information content (AvgIpc) is 2.96. The normalized spacial score (nSPS) is 12.5. The van der Waals surface area contributed by atoms with Crippen molar-refractivity contribution >= 4 is 0 Å². The number of benzene rings is 1. The Morgan fingerprint density at radius 2 is 2.00 bits per heavy atom. The van der Waals surface area contributed by atoms with Crippen molar-refractivity contribution in [2.24, 2.45) is 0 Å². The quantitative estimate of drug-likeness (QED) is 0.825. The van der Waals surface area contributed by atoms with Crippen LogP contribution in [0.4, 0.5) is 0 Å². The highest BCUT2D eigenvalue weighted by molar-refractivity contribution is 5.25. The van der Waals surface area contributed by atoms with Gasteiger partial charge in [-0.1, -0.05) is 38.1 Å². The first kappa shape index (κ1) is 13.8. The summed E-state index contributed by atoms with van der Waals surface area (Å²) in [5, 5.41) is 7.90. The summed E-state index contributed by atoms with van der Waals surface area (Å²) in [4.78, 5) is 0. The molecule has 1 aromatic heterocycles. The second-order valence-electron chi connectivity index (χ2n) is 4.83. The summed E-state index contributed by atoms with van der Waals surface area (Å²) in [6.45, 7) is 6.28. The number of aromatic nitrogens is 2. The maximum absolute atomic E-state index is 4.30. The molecule has 0 bridgehead atoms. The van der Waals surface area contributed by atoms with E-state index in [2.05, 4.69) is 48.5 Å². The van der Waals surface area contributed by atoms with Crippen LogP contribution < -0.4 is 5.32 Å². The Bertz CT molecular complexity index is 459. The second kappa shape index (κ2) is 7.10. The van der Waals surface area contributed by atoms with Gasteiger partial charge in [0.05, 0.1) is 12.6 Å². The highest BCUT2D eigenvalue weighted by Crippen LogP contribution is 2.16. The fraction of sp³-hybridized carbons (Fsp3) is 0.438. The van der Waals surface area contributed by atoms with Gasteiger partial charge in [0, 0.05) is 12.4 Å². The van der Waals surface area contributed by atoms with Gasteiger partial charge < -0.3 is 5.32 Å². The number of nitrogens with zero attached hydrogens (tertiary/aromatic N) is 2. The van der Waals surface area contributed by atoms with Gasteiger partial charge in [-0.2, -0.15) is 5.10 Å². The van der Waals surface area contributed by atoms with E-state index in [9.17, 15) is 0 Å². The molecule has 2 rings (SSSR count). The summed E-state index contributed by atoms with van der Waals surface area (Å²) in [5.74, 6) is 0. The van der Waals surface area contributed by atoms with E-state index in [-0.39, 0.29) is 0 Å². The van der Waals surface area contributed by atoms with Crippen LogP contribution in [0.5, 0.6) is 0 Å². The van der Waals surface area contributed by atoms with Crippen LogP contribution in [0.25, 0.3) is 0 Å². The van der Waals surface area contributed by atoms with Crippen molar-refractivity contribution in [1.29, 1.82) is 0 Å². The first-order chi connectivity index (χ1) is 9.33. The molecular formula is C16H23N3. The largest absolute Gasteiger partial charge is 0.308 e. The molecule has 3 heteroatoms. The average molecular weight is 257 g/mol. The summed E-state index contributed by atoms with van der Waals surface area (Å²) in [5.41, 5.74) is 2.72. The Labute approximate surface area is 115 Å². The lowest BCUT2D eigenvalue weighted by molar-refractivity contribution is 0.439. The van der Waals surface area contributed by atoms with Gasteiger partial charge >= 0.3 is 0 Å². The maximum Gasteiger partial charge on any atom is 0.0604 e. The van der Waals surface area contributed by atoms with Crippen LogP contribution in [0.15, 0.2) is 42.7 Å². The molecular weight excluding hydrogens is 234 g/mol. The van der Waals surface area contributed by atoms with E-state index in [1.165, 1.54) is 11.1 Å². The minimum Gasteiger partial charge on any atom is -0.308 e. The van der Waals surface area contributed by atoms with Crippen molar-refractivity contribution in [2.45, 2.75) is 39.3 Å². The molecule has 3 nitrogen and oxygen atoms in total. The van der Waals surface area contributed by atoms with Gasteiger partial charge in [-0.15, -0.1) is 0 Å². The third-order valence-corrected chi connectivity index (χ3v) is 3.36. The minimum atomic E-state index is 0.325. The van der Waals surface area contributed by atoms with Crippen LogP contribution >= 0.6 is 0 Å². The van der Waals surface area contributed by atoms with Gasteiger partial charge in [-0.25, -0.2) is 0 Å². The smallest absolute Gasteiger partial charge is 0.0604 e. The van der Waals surface area contributed by atoms with Crippen LogP contribution in [0, 0.1) is 0 Å². The SMILES string of the molecule is CCCNC(Cn1cccn1)c1ccc(CC)cc1. The molecule has 1 heterocycles. The highest BCUT2D eigenvalue weighted by atomic mass is 15.3. The standard InChI is InChI=1S/C16H23N3/c1-3-10-17-16(13-19-12-5-11-18-19)15-8-6-14(4-2)7-9-15/h5-9,11-12,16-17H,3-4,10,13H2,1-2H3. The Balaban J connectivity index is 2.10. The molecule has 1 unspecified atom stereocenters. The van der Waals surface area contributed by atoms with Crippen LogP contribution in [-0.2, 0) is 13.0 Å². The first-order valence-corrected chi connectivity index (χ1v) is 7.13. The number of rotatable bonds is 7. The fourth-order valence-corrected chi connectivity index (χ4v) is 2.19. The molecule has 0 aliphatic heterocycles. The Morgan fingerprint density at radius 3 is 2.58 bits per heavy atom. The summed E-state index contributed by atoms with van der Waals surface area (Å²) in [6, 6.07) is 11.2. The van der Waals surface area contributed by atoms with E-state index in [0.29, 0.717) is 6.04 Å². The third kappa shape index (κ3) is 3.93. The lowest BCUT2D eigenvalue weighted by Gasteiger charge is -2.19. The molecule has 0 aliphatic carbocycles. The number of nitrogens with one attached hydrogen (secondary N) is 1. The summed E-state index contributed by atoms with van der Waals surface area (Å²) in [6.07, 6.45) is 6.08. The van der Waals surface area contributed by atoms with Crippen molar-refractivity contribution in [3.05, 3.63) is 53.9 Å². The monoisotopic (exact) mass is 257 g/mol. The molecule has 0 amide bonds. The second-order valence-corrected chi connectivity index (χ2v) is 4.83. The van der Waals surface area contributed by atoms with Gasteiger partial charge in [0.2, 0.25) is 0 Å². The highest BCUT2D eigenvalue weighted by Gasteiger charge is 2.11. The lowest BCUT2D eigenvalue weighted by atomic mass is 10.0. The molecule has 1 atom stereocenters. The van der Waals surface area contributed by atoms with Gasteiger partial charge in [0.25, 0.3) is 0 Å². The molecule has 0 radical (unpaired) electrons. The zero-order valence-corrected chi connectivity index (χ0v) is 11.8. The Hall–Kier alpha value is -1.61. The molecule has 19 heavy (non-hydrogen) atoms. The summed E-state index contributed by atoms with van der Waals surface area (Å²) < 4.78 is 1.99. The van der Waals surface area contributed by atoms with E-state index in [4.69, 9.17) is 0 Å². The molecule has 1 aromatic carbocycles.